The van der Waals surface area contributed by atoms with Gasteiger partial charge < -0.3 is 10.3 Å². The van der Waals surface area contributed by atoms with Gasteiger partial charge in [0, 0.05) is 24.5 Å². The third-order valence-electron chi connectivity index (χ3n) is 2.22. The van der Waals surface area contributed by atoms with Crippen LogP contribution in [-0.2, 0) is 6.54 Å². The molecule has 0 saturated carbocycles. The van der Waals surface area contributed by atoms with Crippen molar-refractivity contribution in [3.05, 3.63) is 53.1 Å². The molecule has 5 heteroatoms. The molecule has 2 rings (SSSR count). The Labute approximate surface area is 104 Å². The molecule has 0 bridgehead atoms. The molecule has 16 heavy (non-hydrogen) atoms. The van der Waals surface area contributed by atoms with Crippen LogP contribution >= 0.6 is 24.0 Å². The molecule has 1 heterocycles. The molecule has 2 N–H and O–H groups in total. The first kappa shape index (κ1) is 13.0. The maximum atomic E-state index is 13.2. The Kier molecular flexibility index (Phi) is 4.35. The van der Waals surface area contributed by atoms with Gasteiger partial charge in [0.25, 0.3) is 0 Å². The molecule has 0 aliphatic heterocycles. The van der Waals surface area contributed by atoms with E-state index in [2.05, 4.69) is 0 Å². The van der Waals surface area contributed by atoms with Crippen LogP contribution in [0.4, 0.5) is 4.39 Å². The summed E-state index contributed by atoms with van der Waals surface area (Å²) in [5.41, 5.74) is 7.02. The highest BCUT2D eigenvalue weighted by Crippen LogP contribution is 2.24. The second kappa shape index (κ2) is 5.34. The second-order valence-corrected chi connectivity index (χ2v) is 3.59. The van der Waals surface area contributed by atoms with Gasteiger partial charge >= 0.3 is 0 Å². The molecule has 0 amide bonds. The van der Waals surface area contributed by atoms with Crippen LogP contribution in [0.15, 0.2) is 36.7 Å². The van der Waals surface area contributed by atoms with Crippen molar-refractivity contribution in [2.45, 2.75) is 6.54 Å². The minimum atomic E-state index is -0.360. The second-order valence-electron chi connectivity index (χ2n) is 3.18. The van der Waals surface area contributed by atoms with Crippen LogP contribution in [0.1, 0.15) is 5.56 Å². The van der Waals surface area contributed by atoms with Gasteiger partial charge in [-0.15, -0.1) is 12.4 Å². The van der Waals surface area contributed by atoms with E-state index in [-0.39, 0.29) is 24.8 Å². The fourth-order valence-corrected chi connectivity index (χ4v) is 1.80. The lowest BCUT2D eigenvalue weighted by atomic mass is 10.1. The molecule has 0 spiro atoms. The summed E-state index contributed by atoms with van der Waals surface area (Å²) in [7, 11) is 0. The number of hydrogen-bond acceptors (Lipinski definition) is 1. The van der Waals surface area contributed by atoms with Crippen LogP contribution in [0.2, 0.25) is 5.02 Å². The molecule has 0 fully saturated rings. The van der Waals surface area contributed by atoms with E-state index in [1.807, 2.05) is 24.5 Å². The number of nitrogens with zero attached hydrogens (tertiary/aromatic N) is 1. The van der Waals surface area contributed by atoms with Gasteiger partial charge in [0.05, 0.1) is 10.7 Å². The van der Waals surface area contributed by atoms with E-state index in [0.29, 0.717) is 10.7 Å². The van der Waals surface area contributed by atoms with Crippen molar-refractivity contribution in [3.63, 3.8) is 0 Å². The molecule has 2 nitrogen and oxygen atoms in total. The first-order valence-corrected chi connectivity index (χ1v) is 4.91. The van der Waals surface area contributed by atoms with E-state index in [1.165, 1.54) is 12.1 Å². The number of aromatic nitrogens is 1. The van der Waals surface area contributed by atoms with Crippen LogP contribution in [0.3, 0.4) is 0 Å². The Morgan fingerprint density at radius 2 is 1.88 bits per heavy atom. The highest BCUT2D eigenvalue weighted by molar-refractivity contribution is 6.31. The summed E-state index contributed by atoms with van der Waals surface area (Å²) in [6, 6.07) is 6.42. The summed E-state index contributed by atoms with van der Waals surface area (Å²) in [6.45, 7) is 0.284. The van der Waals surface area contributed by atoms with Crippen LogP contribution in [-0.4, -0.2) is 4.57 Å². The fourth-order valence-electron chi connectivity index (χ4n) is 1.52. The van der Waals surface area contributed by atoms with Crippen LogP contribution < -0.4 is 5.73 Å². The third-order valence-corrected chi connectivity index (χ3v) is 2.56. The van der Waals surface area contributed by atoms with Gasteiger partial charge in [-0.05, 0) is 24.3 Å². The maximum Gasteiger partial charge on any atom is 0.126 e. The molecule has 0 unspecified atom stereocenters. The molecule has 86 valence electrons. The predicted molar refractivity (Wildman–Crippen MR) is 65.9 cm³/mol. The zero-order chi connectivity index (χ0) is 10.8. The van der Waals surface area contributed by atoms with Gasteiger partial charge in [-0.1, -0.05) is 11.6 Å². The van der Waals surface area contributed by atoms with Crippen molar-refractivity contribution < 1.29 is 4.39 Å². The number of rotatable bonds is 2. The highest BCUT2D eigenvalue weighted by Gasteiger charge is 2.09. The Balaban J connectivity index is 0.00000128. The van der Waals surface area contributed by atoms with Crippen LogP contribution in [0, 0.1) is 5.82 Å². The van der Waals surface area contributed by atoms with Gasteiger partial charge in [-0.3, -0.25) is 0 Å². The normalized spacial score (nSPS) is 9.94. The minimum Gasteiger partial charge on any atom is -0.326 e. The number of nitrogens with two attached hydrogens (primary N) is 1. The lowest BCUT2D eigenvalue weighted by Gasteiger charge is -2.11. The van der Waals surface area contributed by atoms with Gasteiger partial charge in [-0.2, -0.15) is 0 Å². The first-order valence-electron chi connectivity index (χ1n) is 4.53. The van der Waals surface area contributed by atoms with E-state index < -0.39 is 0 Å². The third kappa shape index (κ3) is 2.38. The van der Waals surface area contributed by atoms with E-state index >= 15 is 0 Å². The zero-order valence-electron chi connectivity index (χ0n) is 8.36. The summed E-state index contributed by atoms with van der Waals surface area (Å²) in [6.07, 6.45) is 3.65. The monoisotopic (exact) mass is 260 g/mol. The minimum absolute atomic E-state index is 0. The molecule has 0 aliphatic carbocycles. The highest BCUT2D eigenvalue weighted by atomic mass is 35.5. The lowest BCUT2D eigenvalue weighted by molar-refractivity contribution is 0.625. The van der Waals surface area contributed by atoms with Crippen molar-refractivity contribution in [2.24, 2.45) is 5.73 Å². The smallest absolute Gasteiger partial charge is 0.126 e. The zero-order valence-corrected chi connectivity index (χ0v) is 9.93. The van der Waals surface area contributed by atoms with E-state index in [1.54, 1.807) is 4.57 Å². The predicted octanol–water partition coefficient (Wildman–Crippen LogP) is 3.15. The van der Waals surface area contributed by atoms with Gasteiger partial charge in [-0.25, -0.2) is 4.39 Å². The van der Waals surface area contributed by atoms with Crippen molar-refractivity contribution in [1.29, 1.82) is 0 Å². The van der Waals surface area contributed by atoms with Gasteiger partial charge in [0.15, 0.2) is 0 Å². The van der Waals surface area contributed by atoms with Crippen LogP contribution in [0.25, 0.3) is 5.69 Å². The topological polar surface area (TPSA) is 30.9 Å². The number of benzene rings is 1. The SMILES string of the molecule is Cl.NCc1c(Cl)cc(F)cc1-n1cccc1. The Morgan fingerprint density at radius 3 is 2.44 bits per heavy atom. The molecular formula is C11H11Cl2FN2. The van der Waals surface area contributed by atoms with E-state index in [9.17, 15) is 4.39 Å². The number of halogens is 3. The maximum absolute atomic E-state index is 13.2. The largest absolute Gasteiger partial charge is 0.326 e. The van der Waals surface area contributed by atoms with E-state index in [0.717, 1.165) is 5.56 Å². The average molecular weight is 261 g/mol. The molecule has 0 saturated heterocycles. The lowest BCUT2D eigenvalue weighted by Crippen LogP contribution is -2.05. The summed E-state index contributed by atoms with van der Waals surface area (Å²) in [4.78, 5) is 0. The molecule has 1 aromatic carbocycles. The molecular weight excluding hydrogens is 250 g/mol. The fraction of sp³-hybridized carbons (Fsp3) is 0.0909. The quantitative estimate of drug-likeness (QED) is 0.884. The van der Waals surface area contributed by atoms with Gasteiger partial charge in [0.1, 0.15) is 5.82 Å². The Bertz CT molecular complexity index is 469. The van der Waals surface area contributed by atoms with Crippen molar-refractivity contribution in [2.75, 3.05) is 0 Å². The van der Waals surface area contributed by atoms with Crippen molar-refractivity contribution in [3.8, 4) is 5.69 Å². The molecule has 2 aromatic rings. The Morgan fingerprint density at radius 1 is 1.25 bits per heavy atom. The number of hydrogen-bond donors (Lipinski definition) is 1. The summed E-state index contributed by atoms with van der Waals surface area (Å²) in [5, 5.41) is 0.362. The van der Waals surface area contributed by atoms with E-state index in [4.69, 9.17) is 17.3 Å². The summed E-state index contributed by atoms with van der Waals surface area (Å²) < 4.78 is 15.0. The molecule has 0 aliphatic rings. The van der Waals surface area contributed by atoms with Crippen molar-refractivity contribution >= 4 is 24.0 Å². The first-order chi connectivity index (χ1) is 7.22. The molecule has 0 atom stereocenters. The van der Waals surface area contributed by atoms with Gasteiger partial charge in [0.2, 0.25) is 0 Å². The molecule has 1 aromatic heterocycles. The standard InChI is InChI=1S/C11H10ClFN2.ClH/c12-10-5-8(13)6-11(9(10)7-14)15-3-1-2-4-15;/h1-6H,7,14H2;1H. The molecule has 0 radical (unpaired) electrons. The Hall–Kier alpha value is -1.03. The van der Waals surface area contributed by atoms with Crippen LogP contribution in [0.5, 0.6) is 0 Å². The summed E-state index contributed by atoms with van der Waals surface area (Å²) in [5.74, 6) is -0.360. The van der Waals surface area contributed by atoms with Crippen molar-refractivity contribution in [1.82, 2.24) is 4.57 Å². The average Bonchev–Trinajstić information content (AvgIpc) is 2.69. The summed E-state index contributed by atoms with van der Waals surface area (Å²) >= 11 is 5.92.